The van der Waals surface area contributed by atoms with Gasteiger partial charge in [-0.05, 0) is 43.0 Å². The number of benzene rings is 1. The van der Waals surface area contributed by atoms with Crippen molar-refractivity contribution < 1.29 is 14.7 Å². The van der Waals surface area contributed by atoms with Crippen molar-refractivity contribution in [1.82, 2.24) is 4.90 Å². The van der Waals surface area contributed by atoms with E-state index in [4.69, 9.17) is 5.11 Å². The summed E-state index contributed by atoms with van der Waals surface area (Å²) in [6, 6.07) is 7.43. The maximum Gasteiger partial charge on any atom is 0.328 e. The third-order valence-electron chi connectivity index (χ3n) is 3.27. The molecule has 0 atom stereocenters. The molecule has 21 heavy (non-hydrogen) atoms. The summed E-state index contributed by atoms with van der Waals surface area (Å²) in [5.74, 6) is -0.993. The minimum absolute atomic E-state index is 0.0845. The van der Waals surface area contributed by atoms with Crippen LogP contribution in [-0.2, 0) is 4.79 Å². The number of hydrogen-bond donors (Lipinski definition) is 2. The van der Waals surface area contributed by atoms with Gasteiger partial charge in [-0.3, -0.25) is 0 Å². The van der Waals surface area contributed by atoms with Gasteiger partial charge in [-0.25, -0.2) is 9.59 Å². The first kappa shape index (κ1) is 15.1. The van der Waals surface area contributed by atoms with Gasteiger partial charge >= 0.3 is 12.0 Å². The molecule has 0 unspecified atom stereocenters. The summed E-state index contributed by atoms with van der Waals surface area (Å²) in [5.41, 5.74) is 1.41. The largest absolute Gasteiger partial charge is 0.478 e. The van der Waals surface area contributed by atoms with Gasteiger partial charge in [0.2, 0.25) is 0 Å². The molecule has 0 saturated heterocycles. The normalized spacial score (nSPS) is 14.1. The van der Waals surface area contributed by atoms with E-state index in [0.29, 0.717) is 11.7 Å². The highest BCUT2D eigenvalue weighted by molar-refractivity contribution is 5.90. The van der Waals surface area contributed by atoms with Crippen molar-refractivity contribution >= 4 is 23.8 Å². The Hall–Kier alpha value is -2.30. The van der Waals surface area contributed by atoms with Gasteiger partial charge in [0.25, 0.3) is 0 Å². The minimum Gasteiger partial charge on any atom is -0.478 e. The van der Waals surface area contributed by atoms with Crippen LogP contribution in [0.25, 0.3) is 6.08 Å². The average Bonchev–Trinajstić information content (AvgIpc) is 3.27. The molecule has 2 rings (SSSR count). The van der Waals surface area contributed by atoms with Crippen molar-refractivity contribution in [1.29, 1.82) is 0 Å². The van der Waals surface area contributed by atoms with Crippen LogP contribution in [0.2, 0.25) is 0 Å². The number of nitrogens with one attached hydrogen (secondary N) is 1. The van der Waals surface area contributed by atoms with Crippen molar-refractivity contribution in [3.8, 4) is 0 Å². The van der Waals surface area contributed by atoms with E-state index in [1.807, 2.05) is 4.90 Å². The van der Waals surface area contributed by atoms with E-state index in [9.17, 15) is 9.59 Å². The van der Waals surface area contributed by atoms with Gasteiger partial charge in [0.15, 0.2) is 0 Å². The quantitative estimate of drug-likeness (QED) is 0.790. The van der Waals surface area contributed by atoms with Crippen LogP contribution in [0.15, 0.2) is 30.3 Å². The number of amides is 2. The van der Waals surface area contributed by atoms with Gasteiger partial charge in [0.05, 0.1) is 0 Å². The van der Waals surface area contributed by atoms with E-state index >= 15 is 0 Å². The minimum atomic E-state index is -0.993. The number of carbonyl (C=O) groups is 2. The first-order valence-electron chi connectivity index (χ1n) is 7.19. The Morgan fingerprint density at radius 3 is 2.81 bits per heavy atom. The number of urea groups is 1. The molecule has 2 N–H and O–H groups in total. The van der Waals surface area contributed by atoms with E-state index in [1.54, 1.807) is 24.3 Å². The Morgan fingerprint density at radius 2 is 2.19 bits per heavy atom. The first-order valence-corrected chi connectivity index (χ1v) is 7.19. The van der Waals surface area contributed by atoms with Crippen LogP contribution in [0.4, 0.5) is 10.5 Å². The lowest BCUT2D eigenvalue weighted by molar-refractivity contribution is -0.131. The smallest absolute Gasteiger partial charge is 0.328 e. The Morgan fingerprint density at radius 1 is 1.43 bits per heavy atom. The zero-order valence-electron chi connectivity index (χ0n) is 12.1. The number of carboxylic acid groups (broad SMARTS) is 1. The Kier molecular flexibility index (Phi) is 4.98. The molecular weight excluding hydrogens is 268 g/mol. The highest BCUT2D eigenvalue weighted by Crippen LogP contribution is 2.27. The molecule has 1 aromatic carbocycles. The van der Waals surface area contributed by atoms with Crippen LogP contribution in [-0.4, -0.2) is 34.6 Å². The molecule has 0 spiro atoms. The van der Waals surface area contributed by atoms with Gasteiger partial charge in [0, 0.05) is 24.4 Å². The molecule has 2 amide bonds. The molecule has 1 saturated carbocycles. The summed E-state index contributed by atoms with van der Waals surface area (Å²) in [6.45, 7) is 2.81. The second kappa shape index (κ2) is 6.92. The van der Waals surface area contributed by atoms with Crippen molar-refractivity contribution in [2.75, 3.05) is 11.9 Å². The fraction of sp³-hybridized carbons (Fsp3) is 0.375. The van der Waals surface area contributed by atoms with E-state index in [-0.39, 0.29) is 6.03 Å². The molecule has 0 bridgehead atoms. The number of rotatable bonds is 6. The lowest BCUT2D eigenvalue weighted by Gasteiger charge is -2.22. The molecular formula is C16H20N2O3. The van der Waals surface area contributed by atoms with Gasteiger partial charge < -0.3 is 15.3 Å². The third kappa shape index (κ3) is 4.63. The zero-order valence-corrected chi connectivity index (χ0v) is 12.1. The van der Waals surface area contributed by atoms with E-state index in [1.165, 1.54) is 6.08 Å². The third-order valence-corrected chi connectivity index (χ3v) is 3.27. The monoisotopic (exact) mass is 288 g/mol. The SMILES string of the molecule is CCCN(C(=O)Nc1cccc(/C=C/C(=O)O)c1)C1CC1. The fourth-order valence-electron chi connectivity index (χ4n) is 2.16. The van der Waals surface area contributed by atoms with Crippen LogP contribution in [0.3, 0.4) is 0 Å². The number of carboxylic acids is 1. The Balaban J connectivity index is 2.03. The molecule has 5 nitrogen and oxygen atoms in total. The van der Waals surface area contributed by atoms with Crippen LogP contribution in [0.5, 0.6) is 0 Å². The molecule has 1 aliphatic rings. The maximum absolute atomic E-state index is 12.3. The first-order chi connectivity index (χ1) is 10.1. The molecule has 5 heteroatoms. The molecule has 1 fully saturated rings. The number of hydrogen-bond acceptors (Lipinski definition) is 2. The molecule has 0 heterocycles. The van der Waals surface area contributed by atoms with Gasteiger partial charge in [-0.1, -0.05) is 19.1 Å². The summed E-state index contributed by atoms with van der Waals surface area (Å²) in [5, 5.41) is 11.5. The number of aliphatic carboxylic acids is 1. The zero-order chi connectivity index (χ0) is 15.2. The van der Waals surface area contributed by atoms with E-state index in [2.05, 4.69) is 12.2 Å². The van der Waals surface area contributed by atoms with Gasteiger partial charge in [-0.15, -0.1) is 0 Å². The van der Waals surface area contributed by atoms with Gasteiger partial charge in [-0.2, -0.15) is 0 Å². The fourth-order valence-corrected chi connectivity index (χ4v) is 2.16. The second-order valence-electron chi connectivity index (χ2n) is 5.15. The lowest BCUT2D eigenvalue weighted by atomic mass is 10.2. The van der Waals surface area contributed by atoms with Crippen molar-refractivity contribution in [3.63, 3.8) is 0 Å². The van der Waals surface area contributed by atoms with Crippen molar-refractivity contribution in [3.05, 3.63) is 35.9 Å². The molecule has 0 radical (unpaired) electrons. The van der Waals surface area contributed by atoms with Crippen molar-refractivity contribution in [2.45, 2.75) is 32.2 Å². The summed E-state index contributed by atoms with van der Waals surface area (Å²) < 4.78 is 0. The van der Waals surface area contributed by atoms with Crippen LogP contribution in [0.1, 0.15) is 31.7 Å². The number of anilines is 1. The predicted octanol–water partition coefficient (Wildman–Crippen LogP) is 3.19. The topological polar surface area (TPSA) is 69.6 Å². The summed E-state index contributed by atoms with van der Waals surface area (Å²) >= 11 is 0. The summed E-state index contributed by atoms with van der Waals surface area (Å²) in [7, 11) is 0. The number of nitrogens with zero attached hydrogens (tertiary/aromatic N) is 1. The van der Waals surface area contributed by atoms with Gasteiger partial charge in [0.1, 0.15) is 0 Å². The predicted molar refractivity (Wildman–Crippen MR) is 82.1 cm³/mol. The highest BCUT2D eigenvalue weighted by Gasteiger charge is 2.31. The molecule has 0 aliphatic heterocycles. The van der Waals surface area contributed by atoms with E-state index < -0.39 is 5.97 Å². The van der Waals surface area contributed by atoms with Crippen LogP contribution >= 0.6 is 0 Å². The summed E-state index contributed by atoms with van der Waals surface area (Å²) in [6.07, 6.45) is 5.67. The molecule has 0 aromatic heterocycles. The Labute approximate surface area is 124 Å². The number of carbonyl (C=O) groups excluding carboxylic acids is 1. The highest BCUT2D eigenvalue weighted by atomic mass is 16.4. The molecule has 1 aliphatic carbocycles. The summed E-state index contributed by atoms with van der Waals surface area (Å²) in [4.78, 5) is 24.7. The second-order valence-corrected chi connectivity index (χ2v) is 5.15. The van der Waals surface area contributed by atoms with Crippen LogP contribution < -0.4 is 5.32 Å². The average molecular weight is 288 g/mol. The standard InChI is InChI=1S/C16H20N2O3/c1-2-10-18(14-7-8-14)16(21)17-13-5-3-4-12(11-13)6-9-15(19)20/h3-6,9,11,14H,2,7-8,10H2,1H3,(H,17,21)(H,19,20)/b9-6+. The lowest BCUT2D eigenvalue weighted by Crippen LogP contribution is -2.37. The van der Waals surface area contributed by atoms with E-state index in [0.717, 1.165) is 37.4 Å². The maximum atomic E-state index is 12.3. The molecule has 1 aromatic rings. The Bertz CT molecular complexity index is 550. The molecule has 112 valence electrons. The van der Waals surface area contributed by atoms with Crippen LogP contribution in [0, 0.1) is 0 Å². The van der Waals surface area contributed by atoms with Crippen molar-refractivity contribution in [2.24, 2.45) is 0 Å².